The molecule has 2 aliphatic carbocycles. The predicted octanol–water partition coefficient (Wildman–Crippen LogP) is -2.73. The topological polar surface area (TPSA) is 203 Å². The van der Waals surface area contributed by atoms with Crippen molar-refractivity contribution < 1.29 is 29.9 Å². The smallest absolute Gasteiger partial charge is 0.109 e. The average molecular weight is 421 g/mol. The molecule has 0 spiro atoms. The van der Waals surface area contributed by atoms with Crippen molar-refractivity contribution in [2.45, 2.75) is 106 Å². The Kier molecular flexibility index (Phi) is 10.2. The summed E-state index contributed by atoms with van der Waals surface area (Å²) in [4.78, 5) is 0. The van der Waals surface area contributed by atoms with Gasteiger partial charge in [-0.05, 0) is 25.7 Å². The van der Waals surface area contributed by atoms with Crippen molar-refractivity contribution in [2.24, 2.45) is 22.9 Å². The van der Waals surface area contributed by atoms with Gasteiger partial charge >= 0.3 is 0 Å². The van der Waals surface area contributed by atoms with Crippen molar-refractivity contribution in [3.8, 4) is 0 Å². The van der Waals surface area contributed by atoms with Gasteiger partial charge in [0.1, 0.15) is 24.4 Å². The number of ether oxygens (including phenoxy) is 2. The summed E-state index contributed by atoms with van der Waals surface area (Å²) in [6.45, 7) is 0.935. The summed E-state index contributed by atoms with van der Waals surface area (Å²) >= 11 is 0. The lowest BCUT2D eigenvalue weighted by Gasteiger charge is -2.39. The lowest BCUT2D eigenvalue weighted by molar-refractivity contribution is -0.128. The van der Waals surface area contributed by atoms with Crippen LogP contribution in [0, 0.1) is 0 Å². The van der Waals surface area contributed by atoms with Crippen LogP contribution in [0.1, 0.15) is 44.9 Å². The first-order valence-electron chi connectivity index (χ1n) is 10.7. The third-order valence-electron chi connectivity index (χ3n) is 6.09. The number of nitrogens with two attached hydrogens (primary N) is 4. The Labute approximate surface area is 172 Å². The molecule has 0 aromatic rings. The largest absolute Gasteiger partial charge is 0.389 e. The van der Waals surface area contributed by atoms with Gasteiger partial charge in [-0.25, -0.2) is 0 Å². The molecular formula is C19H40N4O6. The molecule has 172 valence electrons. The monoisotopic (exact) mass is 420 g/mol. The Balaban J connectivity index is 1.51. The van der Waals surface area contributed by atoms with Gasteiger partial charge in [0, 0.05) is 37.4 Å². The van der Waals surface area contributed by atoms with Crippen LogP contribution in [0.25, 0.3) is 0 Å². The van der Waals surface area contributed by atoms with Gasteiger partial charge in [-0.2, -0.15) is 0 Å². The van der Waals surface area contributed by atoms with Crippen molar-refractivity contribution >= 4 is 0 Å². The molecular weight excluding hydrogens is 380 g/mol. The van der Waals surface area contributed by atoms with Crippen LogP contribution in [0.2, 0.25) is 0 Å². The molecule has 0 aliphatic heterocycles. The van der Waals surface area contributed by atoms with Crippen LogP contribution < -0.4 is 22.9 Å². The maximum atomic E-state index is 10.1. The highest BCUT2D eigenvalue weighted by Crippen LogP contribution is 2.22. The number of hydrogen-bond donors (Lipinski definition) is 8. The van der Waals surface area contributed by atoms with Gasteiger partial charge < -0.3 is 52.8 Å². The first-order chi connectivity index (χ1) is 13.7. The average Bonchev–Trinajstić information content (AvgIpc) is 2.67. The molecule has 2 rings (SSSR count). The molecule has 0 heterocycles. The Bertz CT molecular complexity index is 436. The highest BCUT2D eigenvalue weighted by Gasteiger charge is 2.42. The predicted molar refractivity (Wildman–Crippen MR) is 108 cm³/mol. The van der Waals surface area contributed by atoms with Crippen LogP contribution in [0.3, 0.4) is 0 Å². The summed E-state index contributed by atoms with van der Waals surface area (Å²) in [5, 5.41) is 39.8. The standard InChI is InChI=1S/C19H40N4O6/c20-10-8-12(22)18(16(26)14(10)24)28-6-4-2-1-3-5-7-29-19-13(23)9-11(21)15(25)17(19)27/h10-19,24-27H,1-9,20-23H2/t10-,11-,12+,13+,14+,15+,16-,17-,18-,19-/m1/s1. The molecule has 0 aromatic heterocycles. The van der Waals surface area contributed by atoms with E-state index in [-0.39, 0.29) is 12.1 Å². The van der Waals surface area contributed by atoms with Crippen LogP contribution in [0.4, 0.5) is 0 Å². The van der Waals surface area contributed by atoms with Gasteiger partial charge in [0.25, 0.3) is 0 Å². The summed E-state index contributed by atoms with van der Waals surface area (Å²) in [5.74, 6) is 0. The molecule has 0 saturated heterocycles. The molecule has 10 heteroatoms. The van der Waals surface area contributed by atoms with Crippen LogP contribution in [-0.4, -0.2) is 94.4 Å². The van der Waals surface area contributed by atoms with Crippen molar-refractivity contribution in [3.05, 3.63) is 0 Å². The van der Waals surface area contributed by atoms with E-state index in [4.69, 9.17) is 32.4 Å². The maximum Gasteiger partial charge on any atom is 0.109 e. The third kappa shape index (κ3) is 6.79. The van der Waals surface area contributed by atoms with Gasteiger partial charge in [0.2, 0.25) is 0 Å². The number of aliphatic hydroxyl groups is 4. The second-order valence-electron chi connectivity index (χ2n) is 8.53. The molecule has 0 radical (unpaired) electrons. The first-order valence-corrected chi connectivity index (χ1v) is 10.7. The Hall–Kier alpha value is -0.400. The zero-order valence-corrected chi connectivity index (χ0v) is 17.1. The molecule has 10 nitrogen and oxygen atoms in total. The van der Waals surface area contributed by atoms with Gasteiger partial charge in [-0.15, -0.1) is 0 Å². The minimum absolute atomic E-state index is 0.380. The number of rotatable bonds is 10. The van der Waals surface area contributed by atoms with Gasteiger partial charge in [0.15, 0.2) is 0 Å². The van der Waals surface area contributed by atoms with E-state index >= 15 is 0 Å². The molecule has 2 fully saturated rings. The van der Waals surface area contributed by atoms with E-state index in [1.54, 1.807) is 0 Å². The fourth-order valence-corrected chi connectivity index (χ4v) is 4.20. The number of aliphatic hydroxyl groups excluding tert-OH is 4. The summed E-state index contributed by atoms with van der Waals surface area (Å²) in [5.41, 5.74) is 23.4. The molecule has 2 saturated carbocycles. The Morgan fingerprint density at radius 3 is 1.24 bits per heavy atom. The zero-order valence-electron chi connectivity index (χ0n) is 17.1. The Morgan fingerprint density at radius 2 is 0.862 bits per heavy atom. The highest BCUT2D eigenvalue weighted by atomic mass is 16.5. The maximum absolute atomic E-state index is 10.1. The summed E-state index contributed by atoms with van der Waals surface area (Å²) in [6, 6.07) is -1.80. The van der Waals surface area contributed by atoms with E-state index in [0.717, 1.165) is 32.1 Å². The molecule has 0 bridgehead atoms. The minimum Gasteiger partial charge on any atom is -0.389 e. The van der Waals surface area contributed by atoms with E-state index in [9.17, 15) is 20.4 Å². The molecule has 0 amide bonds. The lowest BCUT2D eigenvalue weighted by atomic mass is 9.85. The van der Waals surface area contributed by atoms with Crippen LogP contribution in [0.15, 0.2) is 0 Å². The minimum atomic E-state index is -1.06. The van der Waals surface area contributed by atoms with Gasteiger partial charge in [-0.1, -0.05) is 19.3 Å². The molecule has 0 unspecified atom stereocenters. The van der Waals surface area contributed by atoms with E-state index in [1.165, 1.54) is 0 Å². The SMILES string of the molecule is N[C@@H]1C[C@H](N)[C@@H](OCCCCCCCO[C@H]2[C@H](O)[C@@H](O)[C@H](N)C[C@@H]2N)[C@H](O)[C@H]1O. The highest BCUT2D eigenvalue weighted by molar-refractivity contribution is 4.98. The second kappa shape index (κ2) is 11.8. The van der Waals surface area contributed by atoms with Crippen LogP contribution in [0.5, 0.6) is 0 Å². The molecule has 10 atom stereocenters. The normalized spacial score (nSPS) is 43.4. The quantitative estimate of drug-likeness (QED) is 0.171. The molecule has 29 heavy (non-hydrogen) atoms. The number of hydrogen-bond acceptors (Lipinski definition) is 10. The summed E-state index contributed by atoms with van der Waals surface area (Å²) < 4.78 is 11.4. The van der Waals surface area contributed by atoms with Crippen LogP contribution in [-0.2, 0) is 9.47 Å². The van der Waals surface area contributed by atoms with E-state index < -0.39 is 48.7 Å². The summed E-state index contributed by atoms with van der Waals surface area (Å²) in [6.07, 6.45) is 0.104. The van der Waals surface area contributed by atoms with E-state index in [2.05, 4.69) is 0 Å². The van der Waals surface area contributed by atoms with E-state index in [1.807, 2.05) is 0 Å². The molecule has 2 aliphatic rings. The first kappa shape index (κ1) is 24.9. The van der Waals surface area contributed by atoms with Crippen LogP contribution >= 0.6 is 0 Å². The third-order valence-corrected chi connectivity index (χ3v) is 6.09. The van der Waals surface area contributed by atoms with Gasteiger partial charge in [-0.3, -0.25) is 0 Å². The van der Waals surface area contributed by atoms with Crippen molar-refractivity contribution in [1.29, 1.82) is 0 Å². The lowest BCUT2D eigenvalue weighted by Crippen LogP contribution is -2.62. The fraction of sp³-hybridized carbons (Fsp3) is 1.00. The van der Waals surface area contributed by atoms with Crippen molar-refractivity contribution in [3.63, 3.8) is 0 Å². The zero-order chi connectivity index (χ0) is 21.6. The second-order valence-corrected chi connectivity index (χ2v) is 8.53. The number of unbranched alkanes of at least 4 members (excludes halogenated alkanes) is 4. The molecule has 0 aromatic carbocycles. The summed E-state index contributed by atoms with van der Waals surface area (Å²) in [7, 11) is 0. The molecule has 12 N–H and O–H groups in total. The fourth-order valence-electron chi connectivity index (χ4n) is 4.20. The van der Waals surface area contributed by atoms with Crippen molar-refractivity contribution in [2.75, 3.05) is 13.2 Å². The Morgan fingerprint density at radius 1 is 0.517 bits per heavy atom. The van der Waals surface area contributed by atoms with Gasteiger partial charge in [0.05, 0.1) is 12.2 Å². The van der Waals surface area contributed by atoms with Crippen molar-refractivity contribution in [1.82, 2.24) is 0 Å². The van der Waals surface area contributed by atoms with E-state index in [0.29, 0.717) is 26.1 Å².